The van der Waals surface area contributed by atoms with Crippen molar-refractivity contribution in [3.63, 3.8) is 0 Å². The summed E-state index contributed by atoms with van der Waals surface area (Å²) in [4.78, 5) is 39.0. The molecule has 1 aliphatic heterocycles. The molecule has 1 aliphatic rings. The molecular weight excluding hydrogens is 420 g/mol. The highest BCUT2D eigenvalue weighted by molar-refractivity contribution is 8.01. The molecule has 2 aromatic rings. The number of hydrogen-bond acceptors (Lipinski definition) is 11. The van der Waals surface area contributed by atoms with Crippen LogP contribution in [0.15, 0.2) is 14.9 Å². The highest BCUT2D eigenvalue weighted by Gasteiger charge is 2.28. The number of hydrogen-bond donors (Lipinski definition) is 1. The number of carbonyl (C=O) groups is 3. The van der Waals surface area contributed by atoms with E-state index in [0.717, 1.165) is 0 Å². The number of thioether (sulfide) groups is 1. The summed E-state index contributed by atoms with van der Waals surface area (Å²) in [5, 5.41) is 15.3. The molecule has 1 N–H and O–H groups in total. The van der Waals surface area contributed by atoms with Crippen LogP contribution in [0.25, 0.3) is 0 Å². The van der Waals surface area contributed by atoms with Crippen LogP contribution in [-0.4, -0.2) is 76.6 Å². The topological polar surface area (TPSA) is 131 Å². The average Bonchev–Trinajstić information content (AvgIpc) is 3.35. The van der Waals surface area contributed by atoms with E-state index in [4.69, 9.17) is 9.26 Å². The van der Waals surface area contributed by atoms with Crippen LogP contribution in [0, 0.1) is 6.92 Å². The first kappa shape index (κ1) is 21.0. The van der Waals surface area contributed by atoms with Crippen molar-refractivity contribution in [1.82, 2.24) is 20.3 Å². The number of piperazine rings is 1. The third-order valence-corrected chi connectivity index (χ3v) is 6.02. The van der Waals surface area contributed by atoms with E-state index < -0.39 is 11.9 Å². The zero-order chi connectivity index (χ0) is 20.8. The first-order valence-corrected chi connectivity index (χ1v) is 10.7. The number of amides is 2. The lowest BCUT2D eigenvalue weighted by Crippen LogP contribution is -2.51. The molecular formula is C16H20N6O5S2. The summed E-state index contributed by atoms with van der Waals surface area (Å²) in [7, 11) is 0. The Morgan fingerprint density at radius 1 is 1.28 bits per heavy atom. The summed E-state index contributed by atoms with van der Waals surface area (Å²) in [5.74, 6) is -0.497. The molecule has 0 spiro atoms. The van der Waals surface area contributed by atoms with Crippen LogP contribution >= 0.6 is 23.1 Å². The van der Waals surface area contributed by atoms with Gasteiger partial charge in [0.15, 0.2) is 10.2 Å². The smallest absolute Gasteiger partial charge is 0.397 e. The second kappa shape index (κ2) is 9.69. The monoisotopic (exact) mass is 440 g/mol. The summed E-state index contributed by atoms with van der Waals surface area (Å²) < 4.78 is 10.3. The number of nitrogens with one attached hydrogen (secondary N) is 1. The minimum atomic E-state index is -0.824. The number of anilines is 2. The van der Waals surface area contributed by atoms with Crippen LogP contribution in [0.3, 0.4) is 0 Å². The van der Waals surface area contributed by atoms with Gasteiger partial charge in [0.05, 0.1) is 12.4 Å². The quantitative estimate of drug-likeness (QED) is 0.390. The Morgan fingerprint density at radius 3 is 2.69 bits per heavy atom. The lowest BCUT2D eigenvalue weighted by Gasteiger charge is -2.33. The molecule has 0 saturated carbocycles. The first-order valence-electron chi connectivity index (χ1n) is 8.86. The highest BCUT2D eigenvalue weighted by atomic mass is 32.2. The number of nitrogens with zero attached hydrogens (tertiary/aromatic N) is 5. The molecule has 11 nitrogen and oxygen atoms in total. The molecule has 0 aromatic carbocycles. The van der Waals surface area contributed by atoms with Crippen molar-refractivity contribution >= 4 is 51.8 Å². The molecule has 0 unspecified atom stereocenters. The minimum Gasteiger partial charge on any atom is -0.459 e. The molecule has 0 bridgehead atoms. The molecule has 13 heteroatoms. The fourth-order valence-electron chi connectivity index (χ4n) is 2.54. The van der Waals surface area contributed by atoms with E-state index in [0.29, 0.717) is 47.2 Å². The van der Waals surface area contributed by atoms with Crippen molar-refractivity contribution < 1.29 is 23.6 Å². The normalized spacial score (nSPS) is 14.0. The third-order valence-electron chi connectivity index (χ3n) is 3.91. The van der Waals surface area contributed by atoms with Crippen LogP contribution < -0.4 is 10.2 Å². The summed E-state index contributed by atoms with van der Waals surface area (Å²) in [6.45, 7) is 5.46. The van der Waals surface area contributed by atoms with Crippen molar-refractivity contribution in [3.05, 3.63) is 11.8 Å². The first-order chi connectivity index (χ1) is 14.0. The molecule has 156 valence electrons. The van der Waals surface area contributed by atoms with E-state index in [1.54, 1.807) is 19.9 Å². The molecule has 3 heterocycles. The van der Waals surface area contributed by atoms with Crippen LogP contribution in [0.1, 0.15) is 12.7 Å². The van der Waals surface area contributed by atoms with Crippen molar-refractivity contribution in [3.8, 4) is 0 Å². The van der Waals surface area contributed by atoms with Gasteiger partial charge in [0.25, 0.3) is 0 Å². The van der Waals surface area contributed by atoms with Gasteiger partial charge in [0, 0.05) is 32.2 Å². The van der Waals surface area contributed by atoms with E-state index in [-0.39, 0.29) is 18.3 Å². The second-order valence-electron chi connectivity index (χ2n) is 6.01. The Hall–Kier alpha value is -2.67. The molecule has 1 saturated heterocycles. The Morgan fingerprint density at radius 2 is 2.03 bits per heavy atom. The Bertz CT molecular complexity index is 877. The summed E-state index contributed by atoms with van der Waals surface area (Å²) in [5.41, 5.74) is 0. The van der Waals surface area contributed by atoms with Gasteiger partial charge in [0.1, 0.15) is 5.76 Å². The van der Waals surface area contributed by atoms with Gasteiger partial charge in [-0.05, 0) is 13.8 Å². The van der Waals surface area contributed by atoms with Gasteiger partial charge < -0.3 is 24.4 Å². The predicted molar refractivity (Wildman–Crippen MR) is 106 cm³/mol. The van der Waals surface area contributed by atoms with Gasteiger partial charge in [-0.15, -0.1) is 10.2 Å². The fraction of sp³-hybridized carbons (Fsp3) is 0.500. The maximum atomic E-state index is 12.0. The van der Waals surface area contributed by atoms with Crippen molar-refractivity contribution in [2.75, 3.05) is 48.8 Å². The van der Waals surface area contributed by atoms with Gasteiger partial charge in [-0.25, -0.2) is 4.79 Å². The lowest BCUT2D eigenvalue weighted by atomic mass is 10.3. The summed E-state index contributed by atoms with van der Waals surface area (Å²) >= 11 is 2.65. The van der Waals surface area contributed by atoms with Crippen LogP contribution in [-0.2, 0) is 19.1 Å². The molecule has 29 heavy (non-hydrogen) atoms. The van der Waals surface area contributed by atoms with Gasteiger partial charge in [0.2, 0.25) is 11.0 Å². The number of aryl methyl sites for hydroxylation is 1. The molecule has 3 rings (SSSR count). The summed E-state index contributed by atoms with van der Waals surface area (Å²) in [6, 6.07) is 1.64. The number of rotatable bonds is 6. The lowest BCUT2D eigenvalue weighted by molar-refractivity contribution is -0.160. The molecule has 0 aliphatic carbocycles. The fourth-order valence-corrected chi connectivity index (χ4v) is 4.24. The zero-order valence-electron chi connectivity index (χ0n) is 15.9. The van der Waals surface area contributed by atoms with E-state index in [9.17, 15) is 14.4 Å². The zero-order valence-corrected chi connectivity index (χ0v) is 17.5. The predicted octanol–water partition coefficient (Wildman–Crippen LogP) is 0.777. The van der Waals surface area contributed by atoms with E-state index >= 15 is 0 Å². The maximum Gasteiger partial charge on any atom is 0.397 e. The largest absolute Gasteiger partial charge is 0.459 e. The third kappa shape index (κ3) is 5.67. The molecule has 0 radical (unpaired) electrons. The average molecular weight is 441 g/mol. The molecule has 1 fully saturated rings. The maximum absolute atomic E-state index is 12.0. The number of esters is 1. The van der Waals surface area contributed by atoms with Crippen molar-refractivity contribution in [1.29, 1.82) is 0 Å². The van der Waals surface area contributed by atoms with E-state index in [1.165, 1.54) is 28.0 Å². The highest BCUT2D eigenvalue weighted by Crippen LogP contribution is 2.28. The van der Waals surface area contributed by atoms with Crippen molar-refractivity contribution in [2.24, 2.45) is 0 Å². The minimum absolute atomic E-state index is 0.169. The molecule has 2 aromatic heterocycles. The Kier molecular flexibility index (Phi) is 7.04. The van der Waals surface area contributed by atoms with Gasteiger partial charge >= 0.3 is 11.9 Å². The van der Waals surface area contributed by atoms with Crippen LogP contribution in [0.5, 0.6) is 0 Å². The second-order valence-corrected chi connectivity index (χ2v) is 8.19. The van der Waals surface area contributed by atoms with Gasteiger partial charge in [-0.3, -0.25) is 9.59 Å². The van der Waals surface area contributed by atoms with Crippen molar-refractivity contribution in [2.45, 2.75) is 18.2 Å². The van der Waals surface area contributed by atoms with Gasteiger partial charge in [-0.1, -0.05) is 28.3 Å². The Labute approximate surface area is 174 Å². The molecule has 2 amide bonds. The molecule has 0 atom stereocenters. The van der Waals surface area contributed by atoms with E-state index in [2.05, 4.69) is 20.7 Å². The van der Waals surface area contributed by atoms with Crippen LogP contribution in [0.4, 0.5) is 10.9 Å². The SMILES string of the molecule is CCOC(=O)C(=O)N1CCN(c2nnc(SCC(=O)Nc3cc(C)on3)s2)CC1. The van der Waals surface area contributed by atoms with Gasteiger partial charge in [-0.2, -0.15) is 0 Å². The number of aromatic nitrogens is 3. The van der Waals surface area contributed by atoms with E-state index in [1.807, 2.05) is 4.90 Å². The van der Waals surface area contributed by atoms with Crippen LogP contribution in [0.2, 0.25) is 0 Å². The number of ether oxygens (including phenoxy) is 1. The Balaban J connectivity index is 1.45. The summed E-state index contributed by atoms with van der Waals surface area (Å²) in [6.07, 6.45) is 0. The standard InChI is InChI=1S/C16H20N6O5S2/c1-3-26-14(25)13(24)21-4-6-22(7-5-21)15-18-19-16(29-15)28-9-12(23)17-11-8-10(2)27-20-11/h8H,3-7,9H2,1-2H3,(H,17,20,23). The number of carbonyl (C=O) groups excluding carboxylic acids is 3.